The quantitative estimate of drug-likeness (QED) is 0.289. The Morgan fingerprint density at radius 2 is 1.95 bits per heavy atom. The average molecular weight is 546 g/mol. The number of carbonyl (C=O) groups is 1. The van der Waals surface area contributed by atoms with Crippen LogP contribution in [0.3, 0.4) is 0 Å². The number of phosphoric acid groups is 1. The van der Waals surface area contributed by atoms with Crippen LogP contribution < -0.4 is 10.6 Å². The number of anilines is 1. The molecule has 2 aliphatic heterocycles. The van der Waals surface area contributed by atoms with Gasteiger partial charge in [0.2, 0.25) is 0 Å². The number of carbonyl (C=O) groups excluding carboxylic acids is 1. The predicted octanol–water partition coefficient (Wildman–Crippen LogP) is 2.19. The smallest absolute Gasteiger partial charge is 0.347 e. The molecule has 2 saturated heterocycles. The third-order valence-electron chi connectivity index (χ3n) is 5.92. The number of aromatic nitrogens is 4. The number of imidazole rings is 1. The Bertz CT molecular complexity index is 1350. The Hall–Kier alpha value is -3.23. The fourth-order valence-electron chi connectivity index (χ4n) is 4.25. The fourth-order valence-corrected chi connectivity index (χ4v) is 4.59. The molecule has 3 aromatic rings. The highest BCUT2D eigenvalue weighted by molar-refractivity contribution is 7.46. The van der Waals surface area contributed by atoms with Gasteiger partial charge >= 0.3 is 13.9 Å². The van der Waals surface area contributed by atoms with Gasteiger partial charge in [0.05, 0.1) is 12.9 Å². The lowest BCUT2D eigenvalue weighted by Crippen LogP contribution is -2.31. The monoisotopic (exact) mass is 546 g/mol. The second kappa shape index (κ2) is 11.3. The van der Waals surface area contributed by atoms with Gasteiger partial charge in [0.25, 0.3) is 0 Å². The molecule has 0 saturated carbocycles. The zero-order chi connectivity index (χ0) is 26.7. The summed E-state index contributed by atoms with van der Waals surface area (Å²) in [5, 5.41) is 5.37. The van der Waals surface area contributed by atoms with Crippen LogP contribution in [0, 0.1) is 0 Å². The summed E-state index contributed by atoms with van der Waals surface area (Å²) in [6.45, 7) is 2.02. The van der Waals surface area contributed by atoms with Crippen LogP contribution in [0.1, 0.15) is 25.1 Å². The lowest BCUT2D eigenvalue weighted by molar-refractivity contribution is -0.132. The molecule has 14 nitrogen and oxygen atoms in total. The van der Waals surface area contributed by atoms with E-state index in [1.54, 1.807) is 10.6 Å². The van der Waals surface area contributed by atoms with Crippen LogP contribution in [0.5, 0.6) is 0 Å². The summed E-state index contributed by atoms with van der Waals surface area (Å²) < 4.78 is 35.9. The minimum Gasteiger partial charge on any atom is -0.347 e. The molecule has 202 valence electrons. The third-order valence-corrected chi connectivity index (χ3v) is 6.41. The van der Waals surface area contributed by atoms with Crippen molar-refractivity contribution in [1.82, 2.24) is 24.8 Å². The van der Waals surface area contributed by atoms with Crippen LogP contribution in [0.2, 0.25) is 0 Å². The number of benzene rings is 1. The number of urea groups is 1. The van der Waals surface area contributed by atoms with Crippen molar-refractivity contribution < 1.29 is 37.9 Å². The summed E-state index contributed by atoms with van der Waals surface area (Å²) in [5.41, 5.74) is 1.64. The molecule has 0 bridgehead atoms. The summed E-state index contributed by atoms with van der Waals surface area (Å²) in [7, 11) is -4.75. The van der Waals surface area contributed by atoms with Crippen molar-refractivity contribution in [2.45, 2.75) is 44.2 Å². The molecule has 38 heavy (non-hydrogen) atoms. The number of fused-ring (bicyclic) bond motifs is 2. The number of nitrogens with zero attached hydrogens (tertiary/aromatic N) is 4. The van der Waals surface area contributed by atoms with E-state index in [1.165, 1.54) is 12.7 Å². The van der Waals surface area contributed by atoms with E-state index in [0.29, 0.717) is 17.7 Å². The van der Waals surface area contributed by atoms with Gasteiger partial charge in [-0.15, -0.1) is 0 Å². The maximum absolute atomic E-state index is 12.2. The number of amides is 2. The molecular weight excluding hydrogens is 519 g/mol. The van der Waals surface area contributed by atoms with E-state index in [2.05, 4.69) is 25.6 Å². The summed E-state index contributed by atoms with van der Waals surface area (Å²) in [4.78, 5) is 43.4. The first-order valence-corrected chi connectivity index (χ1v) is 13.5. The van der Waals surface area contributed by atoms with Gasteiger partial charge in [0, 0.05) is 6.54 Å². The predicted molar refractivity (Wildman–Crippen MR) is 134 cm³/mol. The van der Waals surface area contributed by atoms with Crippen molar-refractivity contribution >= 4 is 36.9 Å². The Kier molecular flexibility index (Phi) is 7.81. The minimum atomic E-state index is -4.75. The van der Waals surface area contributed by atoms with Gasteiger partial charge in [-0.25, -0.2) is 24.3 Å². The van der Waals surface area contributed by atoms with Crippen molar-refractivity contribution in [2.75, 3.05) is 18.5 Å². The maximum Gasteiger partial charge on any atom is 0.469 e. The summed E-state index contributed by atoms with van der Waals surface area (Å²) in [6.07, 6.45) is 3.34. The average Bonchev–Trinajstić information content (AvgIpc) is 3.59. The van der Waals surface area contributed by atoms with E-state index in [0.717, 1.165) is 12.0 Å². The number of rotatable bonds is 9. The molecule has 0 aliphatic carbocycles. The first-order valence-electron chi connectivity index (χ1n) is 11.9. The van der Waals surface area contributed by atoms with Gasteiger partial charge < -0.3 is 29.3 Å². The highest BCUT2D eigenvalue weighted by Gasteiger charge is 2.53. The summed E-state index contributed by atoms with van der Waals surface area (Å²) >= 11 is 0. The molecule has 5 rings (SSSR count). The van der Waals surface area contributed by atoms with E-state index >= 15 is 0 Å². The van der Waals surface area contributed by atoms with Crippen molar-refractivity contribution in [3.8, 4) is 0 Å². The SMILES string of the molecule is CCCNC(=O)Nc1ncnc2c1ncn2[C@@H]1O[C@H](COP(=O)(O)O)[C@H]2OC(/C=C/c3ccccc3)O[C@H]21. The largest absolute Gasteiger partial charge is 0.469 e. The van der Waals surface area contributed by atoms with Crippen molar-refractivity contribution in [3.05, 3.63) is 54.6 Å². The van der Waals surface area contributed by atoms with E-state index < -0.39 is 51.3 Å². The molecule has 1 unspecified atom stereocenters. The van der Waals surface area contributed by atoms with E-state index in [4.69, 9.17) is 18.7 Å². The number of ether oxygens (including phenoxy) is 3. The van der Waals surface area contributed by atoms with Gasteiger partial charge in [-0.1, -0.05) is 43.3 Å². The van der Waals surface area contributed by atoms with Gasteiger partial charge in [-0.05, 0) is 18.1 Å². The normalized spacial score (nSPS) is 25.2. The van der Waals surface area contributed by atoms with Crippen molar-refractivity contribution in [1.29, 1.82) is 0 Å². The van der Waals surface area contributed by atoms with E-state index in [9.17, 15) is 19.1 Å². The highest BCUT2D eigenvalue weighted by Crippen LogP contribution is 2.43. The molecule has 4 heterocycles. The molecule has 0 spiro atoms. The van der Waals surface area contributed by atoms with Crippen molar-refractivity contribution in [2.24, 2.45) is 0 Å². The molecule has 2 amide bonds. The molecule has 1 aromatic carbocycles. The number of phosphoric ester groups is 1. The Balaban J connectivity index is 1.40. The third kappa shape index (κ3) is 5.92. The van der Waals surface area contributed by atoms with Crippen LogP contribution in [-0.4, -0.2) is 73.1 Å². The molecule has 0 radical (unpaired) electrons. The standard InChI is InChI=1S/C23H27N6O8P/c1-2-10-24-23(30)28-20-17-21(26-12-25-20)29(13-27-17)22-19-18(15(35-22)11-34-38(31,32)33)36-16(37-19)9-8-14-6-4-3-5-7-14/h3-9,12-13,15-16,18-19,22H,2,10-11H2,1H3,(H2,31,32,33)(H2,24,25,26,28,30)/b9-8+/t15-,16?,18-,19-,22-/m1/s1. The Morgan fingerprint density at radius 1 is 1.16 bits per heavy atom. The van der Waals surface area contributed by atoms with Crippen LogP contribution in [-0.2, 0) is 23.3 Å². The summed E-state index contributed by atoms with van der Waals surface area (Å²) in [6, 6.07) is 9.17. The van der Waals surface area contributed by atoms with E-state index in [-0.39, 0.29) is 5.82 Å². The number of hydrogen-bond donors (Lipinski definition) is 4. The lowest BCUT2D eigenvalue weighted by Gasteiger charge is -2.20. The van der Waals surface area contributed by atoms with Gasteiger partial charge in [0.15, 0.2) is 29.5 Å². The van der Waals surface area contributed by atoms with Gasteiger partial charge in [-0.3, -0.25) is 14.4 Å². The molecule has 2 fully saturated rings. The number of hydrogen-bond acceptors (Lipinski definition) is 9. The van der Waals surface area contributed by atoms with Crippen LogP contribution >= 0.6 is 7.82 Å². The Morgan fingerprint density at radius 3 is 2.71 bits per heavy atom. The van der Waals surface area contributed by atoms with Crippen molar-refractivity contribution in [3.63, 3.8) is 0 Å². The number of nitrogens with one attached hydrogen (secondary N) is 2. The maximum atomic E-state index is 12.2. The second-order valence-corrected chi connectivity index (χ2v) is 9.86. The van der Waals surface area contributed by atoms with Gasteiger partial charge in [0.1, 0.15) is 24.6 Å². The highest BCUT2D eigenvalue weighted by atomic mass is 31.2. The van der Waals surface area contributed by atoms with E-state index in [1.807, 2.05) is 43.3 Å². The molecule has 2 aliphatic rings. The zero-order valence-corrected chi connectivity index (χ0v) is 21.2. The van der Waals surface area contributed by atoms with Crippen LogP contribution in [0.15, 0.2) is 49.1 Å². The first-order chi connectivity index (χ1) is 18.3. The molecule has 15 heteroatoms. The first kappa shape index (κ1) is 26.4. The Labute approximate surface area is 217 Å². The minimum absolute atomic E-state index is 0.213. The zero-order valence-electron chi connectivity index (χ0n) is 20.3. The molecule has 4 N–H and O–H groups in total. The topological polar surface area (TPSA) is 179 Å². The lowest BCUT2D eigenvalue weighted by atomic mass is 10.1. The molecule has 2 aromatic heterocycles. The molecule has 5 atom stereocenters. The second-order valence-electron chi connectivity index (χ2n) is 8.62. The van der Waals surface area contributed by atoms with Gasteiger partial charge in [-0.2, -0.15) is 0 Å². The van der Waals surface area contributed by atoms with Crippen LogP contribution in [0.4, 0.5) is 10.6 Å². The molecular formula is C23H27N6O8P. The van der Waals surface area contributed by atoms with Crippen LogP contribution in [0.25, 0.3) is 17.2 Å². The summed E-state index contributed by atoms with van der Waals surface area (Å²) in [5.74, 6) is 0.213. The fraction of sp³-hybridized carbons (Fsp3) is 0.391.